The van der Waals surface area contributed by atoms with Gasteiger partial charge in [-0.2, -0.15) is 0 Å². The Morgan fingerprint density at radius 1 is 0.287 bits per heavy atom. The lowest BCUT2D eigenvalue weighted by atomic mass is 9.87. The quantitative estimate of drug-likeness (QED) is 0.131. The van der Waals surface area contributed by atoms with Crippen LogP contribution in [0.2, 0.25) is 0 Å². The predicted molar refractivity (Wildman–Crippen MR) is 316 cm³/mol. The SMILES string of the molecule is CC(C)(C)c1ccc(-c2nnc(-c3ccc4/c(n3)=c3/nc(-c5nnc(-c6ccc(C(C)(C)C)cc6)o5)cc/c3=c3\cc(N(c5ccccc5)c5ccccc5)cc\c3=c3/ccc(N(c5ccccc5)c5ccccc5)c/c3=4)o2)cc1. The fraction of sp³-hybridized carbons (Fsp3) is 0.114. The van der Waals surface area contributed by atoms with Crippen molar-refractivity contribution in [2.75, 3.05) is 9.80 Å². The highest BCUT2D eigenvalue weighted by molar-refractivity contribution is 5.78. The van der Waals surface area contributed by atoms with Gasteiger partial charge < -0.3 is 18.6 Å². The molecule has 0 unspecified atom stereocenters. The zero-order chi connectivity index (χ0) is 54.5. The molecule has 0 saturated heterocycles. The van der Waals surface area contributed by atoms with Crippen LogP contribution in [0.15, 0.2) is 239 Å². The van der Waals surface area contributed by atoms with Gasteiger partial charge in [-0.1, -0.05) is 151 Å². The molecule has 0 spiro atoms. The molecule has 0 fully saturated rings. The largest absolute Gasteiger partial charge is 0.415 e. The molecular weight excluding hydrogens is 985 g/mol. The van der Waals surface area contributed by atoms with E-state index in [9.17, 15) is 0 Å². The molecule has 0 aliphatic heterocycles. The molecule has 4 aromatic heterocycles. The summed E-state index contributed by atoms with van der Waals surface area (Å²) in [6, 6.07) is 80.0. The number of hydrogen-bond acceptors (Lipinski definition) is 10. The number of hydrogen-bond donors (Lipinski definition) is 0. The van der Waals surface area contributed by atoms with Gasteiger partial charge >= 0.3 is 0 Å². The van der Waals surface area contributed by atoms with Gasteiger partial charge in [0.2, 0.25) is 11.8 Å². The maximum Gasteiger partial charge on any atom is 0.266 e. The third-order valence-electron chi connectivity index (χ3n) is 14.7. The highest BCUT2D eigenvalue weighted by atomic mass is 16.4. The van der Waals surface area contributed by atoms with E-state index in [1.165, 1.54) is 11.1 Å². The monoisotopic (exact) mass is 1040 g/mol. The van der Waals surface area contributed by atoms with Gasteiger partial charge in [0.1, 0.15) is 11.4 Å². The van der Waals surface area contributed by atoms with E-state index < -0.39 is 0 Å². The average molecular weight is 1040 g/mol. The molecule has 8 aromatic carbocycles. The highest BCUT2D eigenvalue weighted by Gasteiger charge is 2.21. The molecule has 10 heteroatoms. The molecule has 80 heavy (non-hydrogen) atoms. The minimum atomic E-state index is -0.0104. The van der Waals surface area contributed by atoms with Gasteiger partial charge in [-0.3, -0.25) is 0 Å². The van der Waals surface area contributed by atoms with Crippen molar-refractivity contribution in [1.82, 2.24) is 30.4 Å². The van der Waals surface area contributed by atoms with Crippen molar-refractivity contribution in [2.45, 2.75) is 52.4 Å². The molecular formula is C70H56N8O2. The van der Waals surface area contributed by atoms with Gasteiger partial charge in [-0.25, -0.2) is 9.97 Å². The summed E-state index contributed by atoms with van der Waals surface area (Å²) in [5.41, 5.74) is 11.0. The molecule has 0 radical (unpaired) electrons. The van der Waals surface area contributed by atoms with Crippen LogP contribution in [0.3, 0.4) is 0 Å². The van der Waals surface area contributed by atoms with Gasteiger partial charge in [0.25, 0.3) is 11.8 Å². The van der Waals surface area contributed by atoms with Gasteiger partial charge in [0.15, 0.2) is 0 Å². The maximum atomic E-state index is 6.53. The van der Waals surface area contributed by atoms with Crippen LogP contribution in [-0.2, 0) is 10.8 Å². The maximum absolute atomic E-state index is 6.53. The highest BCUT2D eigenvalue weighted by Crippen LogP contribution is 2.38. The molecule has 0 N–H and O–H groups in total. The van der Waals surface area contributed by atoms with Gasteiger partial charge in [-0.05, 0) is 164 Å². The van der Waals surface area contributed by atoms with Crippen LogP contribution in [-0.4, -0.2) is 30.4 Å². The Morgan fingerprint density at radius 3 is 0.925 bits per heavy atom. The Balaban J connectivity index is 1.13. The number of anilines is 6. The number of fused-ring (bicyclic) bond motifs is 4. The second-order valence-corrected chi connectivity index (χ2v) is 22.1. The van der Waals surface area contributed by atoms with Crippen molar-refractivity contribution in [2.24, 2.45) is 0 Å². The number of rotatable bonds is 10. The molecule has 13 rings (SSSR count). The van der Waals surface area contributed by atoms with E-state index >= 15 is 0 Å². The fourth-order valence-corrected chi connectivity index (χ4v) is 10.5. The summed E-state index contributed by atoms with van der Waals surface area (Å²) in [7, 11) is 0. The zero-order valence-corrected chi connectivity index (χ0v) is 45.3. The molecule has 0 atom stereocenters. The molecule has 0 bridgehead atoms. The normalized spacial score (nSPS) is 13.7. The predicted octanol–water partition coefficient (Wildman–Crippen LogP) is 16.9. The van der Waals surface area contributed by atoms with Crippen LogP contribution in [0.1, 0.15) is 52.7 Å². The van der Waals surface area contributed by atoms with Crippen LogP contribution in [0.25, 0.3) is 46.1 Å². The summed E-state index contributed by atoms with van der Waals surface area (Å²) in [5.74, 6) is 1.35. The Hall–Kier alpha value is -10.1. The second kappa shape index (κ2) is 20.1. The van der Waals surface area contributed by atoms with E-state index in [-0.39, 0.29) is 22.6 Å². The lowest BCUT2D eigenvalue weighted by Crippen LogP contribution is -2.10. The van der Waals surface area contributed by atoms with E-state index in [2.05, 4.69) is 242 Å². The number of para-hydroxylation sites is 4. The molecule has 0 saturated carbocycles. The van der Waals surface area contributed by atoms with Crippen molar-refractivity contribution in [3.8, 4) is 46.1 Å². The first-order chi connectivity index (χ1) is 38.9. The second-order valence-electron chi connectivity index (χ2n) is 22.1. The number of pyridine rings is 2. The number of aromatic nitrogens is 6. The third-order valence-corrected chi connectivity index (χ3v) is 14.7. The van der Waals surface area contributed by atoms with Crippen molar-refractivity contribution < 1.29 is 8.83 Å². The Morgan fingerprint density at radius 2 is 0.600 bits per heavy atom. The van der Waals surface area contributed by atoms with Crippen molar-refractivity contribution >= 4 is 34.1 Å². The molecule has 4 heterocycles. The van der Waals surface area contributed by atoms with Crippen LogP contribution in [0.5, 0.6) is 0 Å². The van der Waals surface area contributed by atoms with Crippen molar-refractivity contribution in [3.63, 3.8) is 0 Å². The average Bonchev–Trinajstić information content (AvgIpc) is 4.11. The Bertz CT molecular complexity index is 4280. The third kappa shape index (κ3) is 9.40. The van der Waals surface area contributed by atoms with Crippen LogP contribution < -0.4 is 9.80 Å². The number of nitrogens with zero attached hydrogens (tertiary/aromatic N) is 8. The van der Waals surface area contributed by atoms with Crippen LogP contribution in [0, 0.1) is 42.0 Å². The smallest absolute Gasteiger partial charge is 0.266 e. The van der Waals surface area contributed by atoms with Crippen LogP contribution >= 0.6 is 0 Å². The molecule has 1 aliphatic carbocycles. The van der Waals surface area contributed by atoms with E-state index in [4.69, 9.17) is 18.8 Å². The molecule has 388 valence electrons. The standard InChI is InChI=1S/C70H56N8O2/c1-69(2,3)47-31-27-45(28-32-47)65-73-75-67(79-65)61-41-39-57-59-43-53(77(49-19-11-7-12-20-49)50-21-13-8-14-22-50)35-37-55(59)56-38-36-54(78(51-23-15-9-16-24-51)52-25-17-10-18-26-52)44-60(56)58-40-42-62(72-64(58)63(57)71-61)68-76-74-66(80-68)46-29-33-48(34-30-46)70(4,5)6/h7-44H,1-6H3/b56-55-,59-57-,60-58-,64-63-. The minimum Gasteiger partial charge on any atom is -0.415 e. The summed E-state index contributed by atoms with van der Waals surface area (Å²) >= 11 is 0. The van der Waals surface area contributed by atoms with Gasteiger partial charge in [0.05, 0.1) is 10.7 Å². The summed E-state index contributed by atoms with van der Waals surface area (Å²) < 4.78 is 13.1. The summed E-state index contributed by atoms with van der Waals surface area (Å²) in [4.78, 5) is 15.7. The lowest BCUT2D eigenvalue weighted by molar-refractivity contribution is 0.579. The van der Waals surface area contributed by atoms with E-state index in [1.54, 1.807) is 0 Å². The molecule has 10 nitrogen and oxygen atoms in total. The van der Waals surface area contributed by atoms with E-state index in [1.807, 2.05) is 60.7 Å². The minimum absolute atomic E-state index is 0.0104. The Labute approximate surface area is 463 Å². The van der Waals surface area contributed by atoms with Crippen LogP contribution in [0.4, 0.5) is 34.1 Å². The Kier molecular flexibility index (Phi) is 12.4. The molecule has 0 amide bonds. The van der Waals surface area contributed by atoms with Crippen molar-refractivity contribution in [1.29, 1.82) is 0 Å². The summed E-state index contributed by atoms with van der Waals surface area (Å²) in [6.45, 7) is 13.2. The fourth-order valence-electron chi connectivity index (χ4n) is 10.5. The first-order valence-electron chi connectivity index (χ1n) is 26.9. The van der Waals surface area contributed by atoms with Gasteiger partial charge in [0, 0.05) is 55.7 Å². The van der Waals surface area contributed by atoms with E-state index in [0.717, 1.165) is 76.6 Å². The van der Waals surface area contributed by atoms with E-state index in [0.29, 0.717) is 33.9 Å². The first-order valence-corrected chi connectivity index (χ1v) is 26.9. The molecule has 1 aliphatic rings. The lowest BCUT2D eigenvalue weighted by Gasteiger charge is -2.26. The summed E-state index contributed by atoms with van der Waals surface area (Å²) in [6.07, 6.45) is 0. The summed E-state index contributed by atoms with van der Waals surface area (Å²) in [5, 5.41) is 25.2. The van der Waals surface area contributed by atoms with Crippen molar-refractivity contribution in [3.05, 3.63) is 284 Å². The topological polar surface area (TPSA) is 110 Å². The van der Waals surface area contributed by atoms with Gasteiger partial charge in [-0.15, -0.1) is 20.4 Å². The molecule has 12 aromatic rings. The number of benzene rings is 8. The zero-order valence-electron chi connectivity index (χ0n) is 45.3. The first kappa shape index (κ1) is 49.5.